The molecule has 1 heterocycles. The zero-order valence-corrected chi connectivity index (χ0v) is 12.3. The van der Waals surface area contributed by atoms with E-state index in [1.807, 2.05) is 20.8 Å². The number of nitrogens with zero attached hydrogens (tertiary/aromatic N) is 3. The van der Waals surface area contributed by atoms with Crippen LogP contribution in [0.4, 0.5) is 5.82 Å². The lowest BCUT2D eigenvalue weighted by atomic mass is 9.85. The molecule has 0 saturated carbocycles. The highest BCUT2D eigenvalue weighted by molar-refractivity contribution is 5.68. The molecule has 0 aliphatic heterocycles. The van der Waals surface area contributed by atoms with Crippen LogP contribution in [-0.4, -0.2) is 31.5 Å². The van der Waals surface area contributed by atoms with Gasteiger partial charge in [0.05, 0.1) is 6.42 Å². The fraction of sp³-hybridized carbons (Fsp3) is 0.667. The van der Waals surface area contributed by atoms with E-state index in [0.29, 0.717) is 0 Å². The minimum Gasteiger partial charge on any atom is -0.481 e. The standard InChI is InChI=1S/C12H20N4O4/c1-12(2,3)7(6-8(17)18)13-9-10(19)15(4)11(20)16(5)14-9/h7H,6H2,1-5H3,(H,13,14)(H,17,18). The Kier molecular flexibility index (Phi) is 4.36. The molecule has 0 aliphatic rings. The van der Waals surface area contributed by atoms with Crippen molar-refractivity contribution in [3.8, 4) is 0 Å². The normalized spacial score (nSPS) is 13.1. The Bertz CT molecular complexity index is 624. The van der Waals surface area contributed by atoms with Crippen LogP contribution in [0.1, 0.15) is 27.2 Å². The third-order valence-electron chi connectivity index (χ3n) is 3.06. The zero-order valence-electron chi connectivity index (χ0n) is 12.3. The average molecular weight is 284 g/mol. The summed E-state index contributed by atoms with van der Waals surface area (Å²) in [6.07, 6.45) is -0.156. The number of hydrogen-bond acceptors (Lipinski definition) is 5. The van der Waals surface area contributed by atoms with Gasteiger partial charge in [0.2, 0.25) is 5.82 Å². The maximum absolute atomic E-state index is 12.0. The van der Waals surface area contributed by atoms with Crippen LogP contribution in [-0.2, 0) is 18.9 Å². The van der Waals surface area contributed by atoms with Gasteiger partial charge in [-0.25, -0.2) is 9.48 Å². The van der Waals surface area contributed by atoms with Crippen molar-refractivity contribution >= 4 is 11.8 Å². The predicted octanol–water partition coefficient (Wildman–Crippen LogP) is -0.220. The second-order valence-electron chi connectivity index (χ2n) is 5.78. The number of rotatable bonds is 4. The summed E-state index contributed by atoms with van der Waals surface area (Å²) in [5.74, 6) is -1.00. The van der Waals surface area contributed by atoms with Gasteiger partial charge in [-0.3, -0.25) is 14.2 Å². The van der Waals surface area contributed by atoms with E-state index in [1.165, 1.54) is 14.1 Å². The van der Waals surface area contributed by atoms with Crippen LogP contribution in [0.5, 0.6) is 0 Å². The Balaban J connectivity index is 3.22. The maximum atomic E-state index is 12.0. The van der Waals surface area contributed by atoms with E-state index in [-0.39, 0.29) is 17.7 Å². The molecule has 0 saturated heterocycles. The topological polar surface area (TPSA) is 106 Å². The Hall–Kier alpha value is -2.12. The third-order valence-corrected chi connectivity index (χ3v) is 3.06. The Morgan fingerprint density at radius 3 is 2.35 bits per heavy atom. The molecule has 2 N–H and O–H groups in total. The molecule has 1 rings (SSSR count). The highest BCUT2D eigenvalue weighted by atomic mass is 16.4. The molecule has 0 bridgehead atoms. The van der Waals surface area contributed by atoms with Crippen LogP contribution < -0.4 is 16.6 Å². The molecule has 1 aromatic rings. The van der Waals surface area contributed by atoms with E-state index in [0.717, 1.165) is 9.25 Å². The minimum absolute atomic E-state index is 0.0317. The first-order valence-electron chi connectivity index (χ1n) is 6.16. The van der Waals surface area contributed by atoms with Gasteiger partial charge >= 0.3 is 11.7 Å². The molecule has 112 valence electrons. The summed E-state index contributed by atoms with van der Waals surface area (Å²) in [4.78, 5) is 34.4. The first kappa shape index (κ1) is 15.9. The molecule has 20 heavy (non-hydrogen) atoms. The van der Waals surface area contributed by atoms with Gasteiger partial charge in [-0.05, 0) is 5.41 Å². The van der Waals surface area contributed by atoms with Crippen molar-refractivity contribution in [1.29, 1.82) is 0 Å². The van der Waals surface area contributed by atoms with E-state index in [2.05, 4.69) is 10.4 Å². The highest BCUT2D eigenvalue weighted by Gasteiger charge is 2.28. The smallest absolute Gasteiger partial charge is 0.346 e. The lowest BCUT2D eigenvalue weighted by molar-refractivity contribution is -0.137. The van der Waals surface area contributed by atoms with Crippen LogP contribution >= 0.6 is 0 Å². The lowest BCUT2D eigenvalue weighted by Crippen LogP contribution is -2.44. The van der Waals surface area contributed by atoms with Crippen LogP contribution in [0.2, 0.25) is 0 Å². The lowest BCUT2D eigenvalue weighted by Gasteiger charge is -2.30. The van der Waals surface area contributed by atoms with Gasteiger partial charge < -0.3 is 10.4 Å². The molecular weight excluding hydrogens is 264 g/mol. The zero-order chi connectivity index (χ0) is 15.7. The quantitative estimate of drug-likeness (QED) is 0.791. The number of nitrogens with one attached hydrogen (secondary N) is 1. The van der Waals surface area contributed by atoms with E-state index < -0.39 is 23.3 Å². The summed E-state index contributed by atoms with van der Waals surface area (Å²) < 4.78 is 1.96. The van der Waals surface area contributed by atoms with E-state index in [1.54, 1.807) is 0 Å². The molecule has 0 fully saturated rings. The first-order valence-corrected chi connectivity index (χ1v) is 6.16. The summed E-state index contributed by atoms with van der Waals surface area (Å²) in [7, 11) is 2.77. The third kappa shape index (κ3) is 3.46. The van der Waals surface area contributed by atoms with Gasteiger partial charge in [0, 0.05) is 20.1 Å². The number of aromatic nitrogens is 3. The largest absolute Gasteiger partial charge is 0.481 e. The maximum Gasteiger partial charge on any atom is 0.346 e. The summed E-state index contributed by atoms with van der Waals surface area (Å²) in [5.41, 5.74) is -1.50. The van der Waals surface area contributed by atoms with Gasteiger partial charge in [0.15, 0.2) is 0 Å². The molecule has 0 aromatic carbocycles. The van der Waals surface area contributed by atoms with E-state index in [4.69, 9.17) is 5.11 Å². The minimum atomic E-state index is -0.973. The first-order chi connectivity index (χ1) is 9.04. The van der Waals surface area contributed by atoms with Gasteiger partial charge in [-0.15, -0.1) is 5.10 Å². The molecular formula is C12H20N4O4. The molecule has 8 heteroatoms. The van der Waals surface area contributed by atoms with Gasteiger partial charge in [0.25, 0.3) is 5.56 Å². The van der Waals surface area contributed by atoms with Crippen LogP contribution in [0.25, 0.3) is 0 Å². The SMILES string of the molecule is Cn1nc(NC(CC(=O)O)C(C)(C)C)c(=O)n(C)c1=O. The number of aliphatic carboxylic acids is 1. The number of anilines is 1. The molecule has 0 spiro atoms. The molecule has 1 unspecified atom stereocenters. The van der Waals surface area contributed by atoms with Crippen molar-refractivity contribution in [2.75, 3.05) is 5.32 Å². The summed E-state index contributed by atoms with van der Waals surface area (Å²) in [5, 5.41) is 15.7. The summed E-state index contributed by atoms with van der Waals surface area (Å²) >= 11 is 0. The van der Waals surface area contributed by atoms with Crippen molar-refractivity contribution in [1.82, 2.24) is 14.3 Å². The Morgan fingerprint density at radius 1 is 1.35 bits per heavy atom. The Labute approximate surface area is 116 Å². The molecule has 8 nitrogen and oxygen atoms in total. The van der Waals surface area contributed by atoms with Crippen LogP contribution in [0.15, 0.2) is 9.59 Å². The predicted molar refractivity (Wildman–Crippen MR) is 73.8 cm³/mol. The fourth-order valence-electron chi connectivity index (χ4n) is 1.70. The van der Waals surface area contributed by atoms with Crippen molar-refractivity contribution in [2.24, 2.45) is 19.5 Å². The second kappa shape index (κ2) is 5.48. The van der Waals surface area contributed by atoms with E-state index in [9.17, 15) is 14.4 Å². The Morgan fingerprint density at radius 2 is 1.90 bits per heavy atom. The van der Waals surface area contributed by atoms with Crippen LogP contribution in [0.3, 0.4) is 0 Å². The fourth-order valence-corrected chi connectivity index (χ4v) is 1.70. The molecule has 0 radical (unpaired) electrons. The number of aryl methyl sites for hydroxylation is 1. The summed E-state index contributed by atoms with van der Waals surface area (Å²) in [6, 6.07) is -0.488. The van der Waals surface area contributed by atoms with Crippen molar-refractivity contribution in [3.05, 3.63) is 20.8 Å². The van der Waals surface area contributed by atoms with E-state index >= 15 is 0 Å². The number of hydrogen-bond donors (Lipinski definition) is 2. The molecule has 1 aromatic heterocycles. The summed E-state index contributed by atoms with van der Waals surface area (Å²) in [6.45, 7) is 5.58. The van der Waals surface area contributed by atoms with Crippen molar-refractivity contribution in [3.63, 3.8) is 0 Å². The van der Waals surface area contributed by atoms with Gasteiger partial charge in [-0.1, -0.05) is 20.8 Å². The van der Waals surface area contributed by atoms with Gasteiger partial charge in [0.1, 0.15) is 0 Å². The average Bonchev–Trinajstić information content (AvgIpc) is 2.30. The second-order valence-corrected chi connectivity index (χ2v) is 5.78. The number of carboxylic acid groups (broad SMARTS) is 1. The van der Waals surface area contributed by atoms with Crippen molar-refractivity contribution < 1.29 is 9.90 Å². The van der Waals surface area contributed by atoms with Gasteiger partial charge in [-0.2, -0.15) is 0 Å². The molecule has 0 amide bonds. The van der Waals surface area contributed by atoms with Crippen molar-refractivity contribution in [2.45, 2.75) is 33.2 Å². The number of carboxylic acids is 1. The van der Waals surface area contributed by atoms with Crippen LogP contribution in [0, 0.1) is 5.41 Å². The molecule has 1 atom stereocenters. The number of carbonyl (C=O) groups is 1. The molecule has 0 aliphatic carbocycles. The monoisotopic (exact) mass is 284 g/mol. The highest BCUT2D eigenvalue weighted by Crippen LogP contribution is 2.24.